The fourth-order valence-electron chi connectivity index (χ4n) is 2.25. The number of aromatic nitrogens is 3. The Labute approximate surface area is 120 Å². The molecule has 2 heterocycles. The quantitative estimate of drug-likeness (QED) is 0.799. The van der Waals surface area contributed by atoms with Crippen LogP contribution in [-0.2, 0) is 12.1 Å². The van der Waals surface area contributed by atoms with Gasteiger partial charge in [-0.2, -0.15) is 0 Å². The second-order valence-electron chi connectivity index (χ2n) is 4.92. The van der Waals surface area contributed by atoms with Crippen molar-refractivity contribution in [2.24, 2.45) is 0 Å². The molecule has 0 bridgehead atoms. The van der Waals surface area contributed by atoms with E-state index in [2.05, 4.69) is 10.1 Å². The molecule has 5 nitrogen and oxygen atoms in total. The first-order chi connectivity index (χ1) is 10.1. The Bertz CT molecular complexity index is 722. The zero-order chi connectivity index (χ0) is 14.9. The third-order valence-electron chi connectivity index (χ3n) is 3.34. The van der Waals surface area contributed by atoms with Gasteiger partial charge in [-0.25, -0.2) is 9.37 Å². The minimum Gasteiger partial charge on any atom is -0.377 e. The minimum atomic E-state index is -1.42. The zero-order valence-corrected chi connectivity index (χ0v) is 11.4. The molecule has 1 N–H and O–H groups in total. The van der Waals surface area contributed by atoms with Gasteiger partial charge in [0.25, 0.3) is 0 Å². The highest BCUT2D eigenvalue weighted by atomic mass is 19.1. The maximum atomic E-state index is 13.1. The zero-order valence-electron chi connectivity index (χ0n) is 11.4. The summed E-state index contributed by atoms with van der Waals surface area (Å²) in [6, 6.07) is 7.36. The standard InChI is InChI=1S/C15H14FN3O2/c1-11-8-14(18-21-11)15(20,9-19-7-6-17-10-19)12-2-4-13(16)5-3-12/h2-8,10,20H,9H2,1H3. The summed E-state index contributed by atoms with van der Waals surface area (Å²) in [5.41, 5.74) is -0.516. The van der Waals surface area contributed by atoms with E-state index in [4.69, 9.17) is 4.52 Å². The topological polar surface area (TPSA) is 64.1 Å². The molecule has 3 aromatic rings. The van der Waals surface area contributed by atoms with Crippen molar-refractivity contribution in [3.05, 3.63) is 71.9 Å². The first kappa shape index (κ1) is 13.5. The predicted octanol–water partition coefficient (Wildman–Crippen LogP) is 2.25. The van der Waals surface area contributed by atoms with Gasteiger partial charge in [0.1, 0.15) is 17.3 Å². The van der Waals surface area contributed by atoms with Gasteiger partial charge in [0.15, 0.2) is 5.60 Å². The summed E-state index contributed by atoms with van der Waals surface area (Å²) in [6.45, 7) is 1.95. The van der Waals surface area contributed by atoms with Crippen molar-refractivity contribution in [2.45, 2.75) is 19.1 Å². The van der Waals surface area contributed by atoms with Crippen LogP contribution < -0.4 is 0 Å². The van der Waals surface area contributed by atoms with Crippen LogP contribution >= 0.6 is 0 Å². The maximum absolute atomic E-state index is 13.1. The maximum Gasteiger partial charge on any atom is 0.153 e. The molecule has 0 aliphatic carbocycles. The van der Waals surface area contributed by atoms with Gasteiger partial charge < -0.3 is 14.2 Å². The second-order valence-corrected chi connectivity index (χ2v) is 4.92. The smallest absolute Gasteiger partial charge is 0.153 e. The van der Waals surface area contributed by atoms with Crippen LogP contribution in [0.3, 0.4) is 0 Å². The number of hydrogen-bond acceptors (Lipinski definition) is 4. The molecular weight excluding hydrogens is 273 g/mol. The van der Waals surface area contributed by atoms with Crippen molar-refractivity contribution in [3.8, 4) is 0 Å². The van der Waals surface area contributed by atoms with Gasteiger partial charge in [0, 0.05) is 18.5 Å². The Morgan fingerprint density at radius 2 is 2.10 bits per heavy atom. The summed E-state index contributed by atoms with van der Waals surface area (Å²) in [6.07, 6.45) is 4.96. The van der Waals surface area contributed by atoms with Crippen LogP contribution in [0.4, 0.5) is 4.39 Å². The van der Waals surface area contributed by atoms with Crippen LogP contribution in [0.25, 0.3) is 0 Å². The van der Waals surface area contributed by atoms with E-state index in [1.54, 1.807) is 36.3 Å². The van der Waals surface area contributed by atoms with Crippen molar-refractivity contribution in [2.75, 3.05) is 0 Å². The molecule has 1 aromatic carbocycles. The van der Waals surface area contributed by atoms with Gasteiger partial charge in [-0.05, 0) is 24.6 Å². The molecule has 0 aliphatic rings. The van der Waals surface area contributed by atoms with E-state index in [1.807, 2.05) is 0 Å². The summed E-state index contributed by atoms with van der Waals surface area (Å²) in [5, 5.41) is 15.1. The number of nitrogens with zero attached hydrogens (tertiary/aromatic N) is 3. The molecule has 3 rings (SSSR count). The highest BCUT2D eigenvalue weighted by Crippen LogP contribution is 2.31. The highest BCUT2D eigenvalue weighted by molar-refractivity contribution is 5.32. The molecule has 21 heavy (non-hydrogen) atoms. The Hall–Kier alpha value is -2.47. The van der Waals surface area contributed by atoms with Crippen LogP contribution in [0.2, 0.25) is 0 Å². The van der Waals surface area contributed by atoms with E-state index in [-0.39, 0.29) is 12.4 Å². The predicted molar refractivity (Wildman–Crippen MR) is 72.9 cm³/mol. The van der Waals surface area contributed by atoms with Crippen LogP contribution in [-0.4, -0.2) is 19.8 Å². The number of hydrogen-bond donors (Lipinski definition) is 1. The number of imidazole rings is 1. The van der Waals surface area contributed by atoms with Gasteiger partial charge in [-0.15, -0.1) is 0 Å². The van der Waals surface area contributed by atoms with Crippen LogP contribution in [0, 0.1) is 12.7 Å². The van der Waals surface area contributed by atoms with Crippen LogP contribution in [0.15, 0.2) is 53.6 Å². The summed E-state index contributed by atoms with van der Waals surface area (Å²) in [5.74, 6) is 0.233. The van der Waals surface area contributed by atoms with E-state index < -0.39 is 5.60 Å². The average Bonchev–Trinajstić information content (AvgIpc) is 3.11. The number of rotatable bonds is 4. The van der Waals surface area contributed by atoms with E-state index in [0.717, 1.165) is 0 Å². The summed E-state index contributed by atoms with van der Waals surface area (Å²) >= 11 is 0. The Morgan fingerprint density at radius 3 is 2.67 bits per heavy atom. The lowest BCUT2D eigenvalue weighted by Crippen LogP contribution is -2.33. The van der Waals surface area contributed by atoms with Crippen LogP contribution in [0.1, 0.15) is 17.0 Å². The molecule has 1 atom stereocenters. The molecule has 0 saturated carbocycles. The molecule has 6 heteroatoms. The first-order valence-electron chi connectivity index (χ1n) is 6.46. The monoisotopic (exact) mass is 287 g/mol. The molecule has 108 valence electrons. The van der Waals surface area contributed by atoms with Gasteiger partial charge >= 0.3 is 0 Å². The van der Waals surface area contributed by atoms with E-state index in [1.165, 1.54) is 24.3 Å². The summed E-state index contributed by atoms with van der Waals surface area (Å²) < 4.78 is 19.9. The van der Waals surface area contributed by atoms with Crippen molar-refractivity contribution >= 4 is 0 Å². The average molecular weight is 287 g/mol. The number of aryl methyl sites for hydroxylation is 1. The Kier molecular flexibility index (Phi) is 3.31. The van der Waals surface area contributed by atoms with Gasteiger partial charge in [0.2, 0.25) is 0 Å². The molecule has 0 spiro atoms. The second kappa shape index (κ2) is 5.14. The first-order valence-corrected chi connectivity index (χ1v) is 6.46. The molecule has 0 amide bonds. The molecule has 0 fully saturated rings. The van der Waals surface area contributed by atoms with E-state index >= 15 is 0 Å². The van der Waals surface area contributed by atoms with E-state index in [0.29, 0.717) is 17.0 Å². The fraction of sp³-hybridized carbons (Fsp3) is 0.200. The lowest BCUT2D eigenvalue weighted by Gasteiger charge is -2.26. The molecule has 0 saturated heterocycles. The Morgan fingerprint density at radius 1 is 1.33 bits per heavy atom. The van der Waals surface area contributed by atoms with Crippen molar-refractivity contribution in [1.29, 1.82) is 0 Å². The SMILES string of the molecule is Cc1cc(C(O)(Cn2ccnc2)c2ccc(F)cc2)no1. The summed E-state index contributed by atoms with van der Waals surface area (Å²) in [4.78, 5) is 3.96. The van der Waals surface area contributed by atoms with Gasteiger partial charge in [-0.1, -0.05) is 17.3 Å². The van der Waals surface area contributed by atoms with Gasteiger partial charge in [-0.3, -0.25) is 0 Å². The number of halogens is 1. The number of aliphatic hydroxyl groups is 1. The fourth-order valence-corrected chi connectivity index (χ4v) is 2.25. The van der Waals surface area contributed by atoms with Gasteiger partial charge in [0.05, 0.1) is 12.9 Å². The third kappa shape index (κ3) is 2.57. The normalized spacial score (nSPS) is 14.0. The molecular formula is C15H14FN3O2. The lowest BCUT2D eigenvalue weighted by atomic mass is 9.90. The van der Waals surface area contributed by atoms with Crippen molar-refractivity contribution in [3.63, 3.8) is 0 Å². The van der Waals surface area contributed by atoms with Crippen molar-refractivity contribution in [1.82, 2.24) is 14.7 Å². The summed E-state index contributed by atoms with van der Waals surface area (Å²) in [7, 11) is 0. The molecule has 1 unspecified atom stereocenters. The highest BCUT2D eigenvalue weighted by Gasteiger charge is 2.35. The molecule has 2 aromatic heterocycles. The van der Waals surface area contributed by atoms with Crippen molar-refractivity contribution < 1.29 is 14.0 Å². The van der Waals surface area contributed by atoms with E-state index in [9.17, 15) is 9.50 Å². The third-order valence-corrected chi connectivity index (χ3v) is 3.34. The molecule has 0 radical (unpaired) electrons. The Balaban J connectivity index is 2.07. The largest absolute Gasteiger partial charge is 0.377 e. The molecule has 0 aliphatic heterocycles. The lowest BCUT2D eigenvalue weighted by molar-refractivity contribution is 0.0533. The number of benzene rings is 1. The minimum absolute atomic E-state index is 0.199. The van der Waals surface area contributed by atoms with Crippen LogP contribution in [0.5, 0.6) is 0 Å².